The third-order valence-electron chi connectivity index (χ3n) is 3.13. The van der Waals surface area contributed by atoms with Gasteiger partial charge in [0.05, 0.1) is 0 Å². The molecule has 0 saturated carbocycles. The van der Waals surface area contributed by atoms with Crippen LogP contribution in [0.5, 0.6) is 0 Å². The quantitative estimate of drug-likeness (QED) is 0.819. The SMILES string of the molecule is CCNC(Cc1ccccc1N)c1ccccc1.Cl.Cl. The van der Waals surface area contributed by atoms with Crippen LogP contribution < -0.4 is 11.1 Å². The summed E-state index contributed by atoms with van der Waals surface area (Å²) in [5.74, 6) is 0. The number of hydrogen-bond donors (Lipinski definition) is 2. The average Bonchev–Trinajstić information content (AvgIpc) is 2.42. The standard InChI is InChI=1S/C16H20N2.2ClH/c1-2-18-16(13-8-4-3-5-9-13)12-14-10-6-7-11-15(14)17;;/h3-11,16,18H,2,12,17H2,1H3;2*1H. The largest absolute Gasteiger partial charge is 0.399 e. The van der Waals surface area contributed by atoms with Crippen molar-refractivity contribution in [2.24, 2.45) is 0 Å². The average molecular weight is 313 g/mol. The molecule has 2 rings (SSSR count). The minimum Gasteiger partial charge on any atom is -0.399 e. The van der Waals surface area contributed by atoms with Gasteiger partial charge in [-0.15, -0.1) is 24.8 Å². The zero-order valence-corrected chi connectivity index (χ0v) is 13.2. The van der Waals surface area contributed by atoms with Gasteiger partial charge in [-0.25, -0.2) is 0 Å². The van der Waals surface area contributed by atoms with Gasteiger partial charge in [-0.2, -0.15) is 0 Å². The lowest BCUT2D eigenvalue weighted by Gasteiger charge is -2.19. The van der Waals surface area contributed by atoms with E-state index in [1.54, 1.807) is 0 Å². The summed E-state index contributed by atoms with van der Waals surface area (Å²) in [6.07, 6.45) is 0.921. The second-order valence-electron chi connectivity index (χ2n) is 4.42. The van der Waals surface area contributed by atoms with Crippen LogP contribution in [0.2, 0.25) is 0 Å². The summed E-state index contributed by atoms with van der Waals surface area (Å²) in [7, 11) is 0. The highest BCUT2D eigenvalue weighted by atomic mass is 35.5. The van der Waals surface area contributed by atoms with Gasteiger partial charge in [0, 0.05) is 11.7 Å². The van der Waals surface area contributed by atoms with Crippen molar-refractivity contribution in [2.75, 3.05) is 12.3 Å². The third-order valence-corrected chi connectivity index (χ3v) is 3.13. The van der Waals surface area contributed by atoms with E-state index in [0.717, 1.165) is 18.7 Å². The molecule has 0 fully saturated rings. The zero-order valence-electron chi connectivity index (χ0n) is 11.6. The predicted octanol–water partition coefficient (Wildman–Crippen LogP) is 4.01. The van der Waals surface area contributed by atoms with E-state index >= 15 is 0 Å². The lowest BCUT2D eigenvalue weighted by Crippen LogP contribution is -2.23. The van der Waals surface area contributed by atoms with E-state index in [1.165, 1.54) is 11.1 Å². The molecular weight excluding hydrogens is 291 g/mol. The highest BCUT2D eigenvalue weighted by Gasteiger charge is 2.11. The maximum atomic E-state index is 6.02. The fourth-order valence-corrected chi connectivity index (χ4v) is 2.18. The van der Waals surface area contributed by atoms with Crippen molar-refractivity contribution in [1.82, 2.24) is 5.32 Å². The number of anilines is 1. The Kier molecular flexibility index (Phi) is 9.06. The fraction of sp³-hybridized carbons (Fsp3) is 0.250. The molecule has 0 aromatic heterocycles. The van der Waals surface area contributed by atoms with Crippen molar-refractivity contribution in [3.05, 3.63) is 65.7 Å². The van der Waals surface area contributed by atoms with Crippen molar-refractivity contribution in [1.29, 1.82) is 0 Å². The maximum absolute atomic E-state index is 6.02. The monoisotopic (exact) mass is 312 g/mol. The highest BCUT2D eigenvalue weighted by molar-refractivity contribution is 5.85. The summed E-state index contributed by atoms with van der Waals surface area (Å²) in [6.45, 7) is 3.08. The highest BCUT2D eigenvalue weighted by Crippen LogP contribution is 2.21. The fourth-order valence-electron chi connectivity index (χ4n) is 2.18. The van der Waals surface area contributed by atoms with Crippen molar-refractivity contribution in [3.63, 3.8) is 0 Å². The second-order valence-corrected chi connectivity index (χ2v) is 4.42. The molecule has 0 spiro atoms. The van der Waals surface area contributed by atoms with Crippen LogP contribution in [0.15, 0.2) is 54.6 Å². The first kappa shape index (κ1) is 18.8. The second kappa shape index (κ2) is 9.65. The van der Waals surface area contributed by atoms with E-state index in [0.29, 0.717) is 6.04 Å². The molecule has 0 aliphatic heterocycles. The molecule has 0 amide bonds. The van der Waals surface area contributed by atoms with E-state index in [4.69, 9.17) is 5.73 Å². The number of nitrogens with one attached hydrogen (secondary N) is 1. The molecule has 1 atom stereocenters. The normalized spacial score (nSPS) is 11.1. The number of hydrogen-bond acceptors (Lipinski definition) is 2. The maximum Gasteiger partial charge on any atom is 0.0361 e. The summed E-state index contributed by atoms with van der Waals surface area (Å²) in [6, 6.07) is 18.9. The molecule has 0 aliphatic rings. The molecule has 0 heterocycles. The van der Waals surface area contributed by atoms with Crippen LogP contribution in [0, 0.1) is 0 Å². The molecule has 1 unspecified atom stereocenters. The zero-order chi connectivity index (χ0) is 12.8. The minimum atomic E-state index is 0. The third kappa shape index (κ3) is 5.04. The van der Waals surface area contributed by atoms with E-state index in [1.807, 2.05) is 24.3 Å². The van der Waals surface area contributed by atoms with Crippen LogP contribution in [0.1, 0.15) is 24.1 Å². The van der Waals surface area contributed by atoms with Crippen LogP contribution >= 0.6 is 24.8 Å². The first-order valence-corrected chi connectivity index (χ1v) is 6.43. The lowest BCUT2D eigenvalue weighted by molar-refractivity contribution is 0.550. The molecule has 2 aromatic rings. The van der Waals surface area contributed by atoms with Gasteiger partial charge in [0.25, 0.3) is 0 Å². The topological polar surface area (TPSA) is 38.0 Å². The molecule has 2 aromatic carbocycles. The Labute approximate surface area is 133 Å². The Hall–Kier alpha value is -1.22. The molecule has 0 aliphatic carbocycles. The number of rotatable bonds is 5. The Morgan fingerprint density at radius 1 is 0.950 bits per heavy atom. The molecule has 2 nitrogen and oxygen atoms in total. The van der Waals surface area contributed by atoms with Gasteiger partial charge in [-0.05, 0) is 30.2 Å². The molecule has 0 saturated heterocycles. The van der Waals surface area contributed by atoms with E-state index in [2.05, 4.69) is 42.6 Å². The van der Waals surface area contributed by atoms with Gasteiger partial charge in [-0.3, -0.25) is 0 Å². The van der Waals surface area contributed by atoms with Crippen molar-refractivity contribution in [2.45, 2.75) is 19.4 Å². The van der Waals surface area contributed by atoms with Gasteiger partial charge >= 0.3 is 0 Å². The van der Waals surface area contributed by atoms with Gasteiger partial charge in [0.2, 0.25) is 0 Å². The molecule has 0 radical (unpaired) electrons. The summed E-state index contributed by atoms with van der Waals surface area (Å²) < 4.78 is 0. The van der Waals surface area contributed by atoms with Crippen LogP contribution in [0.25, 0.3) is 0 Å². The summed E-state index contributed by atoms with van der Waals surface area (Å²) >= 11 is 0. The number of nitrogen functional groups attached to an aromatic ring is 1. The molecule has 110 valence electrons. The molecule has 3 N–H and O–H groups in total. The summed E-state index contributed by atoms with van der Waals surface area (Å²) in [4.78, 5) is 0. The number of nitrogens with two attached hydrogens (primary N) is 1. The molecule has 0 bridgehead atoms. The van der Waals surface area contributed by atoms with Crippen LogP contribution in [0.4, 0.5) is 5.69 Å². The van der Waals surface area contributed by atoms with Crippen LogP contribution in [-0.4, -0.2) is 6.54 Å². The Morgan fingerprint density at radius 2 is 1.55 bits per heavy atom. The van der Waals surface area contributed by atoms with Crippen molar-refractivity contribution in [3.8, 4) is 0 Å². The van der Waals surface area contributed by atoms with Gasteiger partial charge < -0.3 is 11.1 Å². The van der Waals surface area contributed by atoms with Crippen molar-refractivity contribution < 1.29 is 0 Å². The van der Waals surface area contributed by atoms with E-state index in [-0.39, 0.29) is 24.8 Å². The molecule has 20 heavy (non-hydrogen) atoms. The van der Waals surface area contributed by atoms with Crippen molar-refractivity contribution >= 4 is 30.5 Å². The van der Waals surface area contributed by atoms with Crippen LogP contribution in [0.3, 0.4) is 0 Å². The Balaban J connectivity index is 0.00000180. The summed E-state index contributed by atoms with van der Waals surface area (Å²) in [5, 5.41) is 3.52. The summed E-state index contributed by atoms with van der Waals surface area (Å²) in [5.41, 5.74) is 9.40. The Morgan fingerprint density at radius 3 is 2.15 bits per heavy atom. The minimum absolute atomic E-state index is 0. The number of para-hydroxylation sites is 1. The smallest absolute Gasteiger partial charge is 0.0361 e. The van der Waals surface area contributed by atoms with E-state index in [9.17, 15) is 0 Å². The molecular formula is C16H22Cl2N2. The number of halogens is 2. The van der Waals surface area contributed by atoms with Gasteiger partial charge in [-0.1, -0.05) is 55.5 Å². The first-order chi connectivity index (χ1) is 8.81. The number of likely N-dealkylation sites (N-methyl/N-ethyl adjacent to an activating group) is 1. The Bertz CT molecular complexity index is 489. The van der Waals surface area contributed by atoms with Gasteiger partial charge in [0.1, 0.15) is 0 Å². The molecule has 4 heteroatoms. The van der Waals surface area contributed by atoms with Gasteiger partial charge in [0.15, 0.2) is 0 Å². The van der Waals surface area contributed by atoms with E-state index < -0.39 is 0 Å². The lowest BCUT2D eigenvalue weighted by atomic mass is 9.98. The first-order valence-electron chi connectivity index (χ1n) is 6.43. The predicted molar refractivity (Wildman–Crippen MR) is 91.9 cm³/mol. The number of benzene rings is 2. The van der Waals surface area contributed by atoms with Crippen LogP contribution in [-0.2, 0) is 6.42 Å².